The van der Waals surface area contributed by atoms with Crippen molar-refractivity contribution in [2.75, 3.05) is 0 Å². The first kappa shape index (κ1) is 15.9. The van der Waals surface area contributed by atoms with Crippen LogP contribution in [-0.2, 0) is 6.54 Å². The van der Waals surface area contributed by atoms with Gasteiger partial charge in [-0.25, -0.2) is 18.7 Å². The smallest absolute Gasteiger partial charge is 0.354 e. The number of carboxylic acid groups (broad SMARTS) is 1. The van der Waals surface area contributed by atoms with Crippen molar-refractivity contribution >= 4 is 29.1 Å². The summed E-state index contributed by atoms with van der Waals surface area (Å²) in [6.45, 7) is 0.0896. The van der Waals surface area contributed by atoms with Gasteiger partial charge in [-0.3, -0.25) is 4.79 Å². The molecule has 0 radical (unpaired) electrons. The lowest BCUT2D eigenvalue weighted by Crippen LogP contribution is -2.26. The Labute approximate surface area is 139 Å². The second-order valence-electron chi connectivity index (χ2n) is 4.86. The van der Waals surface area contributed by atoms with E-state index in [4.69, 9.17) is 16.7 Å². The molecule has 24 heavy (non-hydrogen) atoms. The number of nitrogens with zero attached hydrogens (tertiary/aromatic N) is 3. The van der Waals surface area contributed by atoms with Crippen molar-refractivity contribution in [1.82, 2.24) is 19.9 Å². The zero-order valence-corrected chi connectivity index (χ0v) is 12.8. The van der Waals surface area contributed by atoms with Gasteiger partial charge in [-0.05, 0) is 17.7 Å². The summed E-state index contributed by atoms with van der Waals surface area (Å²) < 4.78 is 14.4. The molecule has 122 valence electrons. The average Bonchev–Trinajstić information content (AvgIpc) is 3.03. The minimum absolute atomic E-state index is 0.0237. The molecule has 2 aromatic heterocycles. The van der Waals surface area contributed by atoms with Gasteiger partial charge in [-0.15, -0.1) is 0 Å². The van der Waals surface area contributed by atoms with E-state index in [1.54, 1.807) is 0 Å². The normalized spacial score (nSPS) is 10.8. The Morgan fingerprint density at radius 2 is 2.08 bits per heavy atom. The summed E-state index contributed by atoms with van der Waals surface area (Å²) in [5.41, 5.74) is 0.595. The Hall–Kier alpha value is -3.00. The molecule has 0 bridgehead atoms. The molecule has 1 amide bonds. The number of hydrogen-bond donors (Lipinski definition) is 2. The maximum Gasteiger partial charge on any atom is 0.354 e. The summed E-state index contributed by atoms with van der Waals surface area (Å²) in [5, 5.41) is 15.6. The molecule has 2 heterocycles. The molecule has 0 aliphatic carbocycles. The molecule has 3 aromatic rings. The van der Waals surface area contributed by atoms with Gasteiger partial charge in [0.05, 0.1) is 11.2 Å². The lowest BCUT2D eigenvalue weighted by atomic mass is 10.2. The minimum Gasteiger partial charge on any atom is -0.477 e. The number of aromatic nitrogens is 3. The Morgan fingerprint density at radius 1 is 1.29 bits per heavy atom. The van der Waals surface area contributed by atoms with Gasteiger partial charge in [0.15, 0.2) is 11.3 Å². The van der Waals surface area contributed by atoms with E-state index < -0.39 is 17.7 Å². The first-order valence-electron chi connectivity index (χ1n) is 6.76. The van der Waals surface area contributed by atoms with Crippen molar-refractivity contribution in [1.29, 1.82) is 0 Å². The van der Waals surface area contributed by atoms with Gasteiger partial charge in [0, 0.05) is 18.7 Å². The van der Waals surface area contributed by atoms with Crippen molar-refractivity contribution in [3.8, 4) is 0 Å². The number of carboxylic acids is 1. The number of rotatable bonds is 4. The van der Waals surface area contributed by atoms with E-state index in [0.29, 0.717) is 5.56 Å². The van der Waals surface area contributed by atoms with Gasteiger partial charge < -0.3 is 10.4 Å². The molecule has 9 heteroatoms. The quantitative estimate of drug-likeness (QED) is 0.753. The molecular weight excluding hydrogens is 339 g/mol. The third-order valence-corrected chi connectivity index (χ3v) is 3.54. The minimum atomic E-state index is -1.25. The lowest BCUT2D eigenvalue weighted by Gasteiger charge is -2.08. The molecule has 7 nitrogen and oxygen atoms in total. The fourth-order valence-corrected chi connectivity index (χ4v) is 2.31. The molecule has 0 saturated heterocycles. The van der Waals surface area contributed by atoms with Crippen molar-refractivity contribution in [3.63, 3.8) is 0 Å². The third kappa shape index (κ3) is 3.04. The number of hydrogen-bond acceptors (Lipinski definition) is 4. The molecular formula is C15H10ClFN4O3. The number of fused-ring (bicyclic) bond motifs is 1. The Morgan fingerprint density at radius 3 is 2.79 bits per heavy atom. The molecule has 0 fully saturated rings. The molecule has 3 rings (SSSR count). The highest BCUT2D eigenvalue weighted by Gasteiger charge is 2.17. The average molecular weight is 349 g/mol. The van der Waals surface area contributed by atoms with Crippen LogP contribution in [0, 0.1) is 5.82 Å². The predicted octanol–water partition coefficient (Wildman–Crippen LogP) is 2.15. The number of amides is 1. The number of carbonyl (C=O) groups excluding carboxylic acids is 1. The maximum atomic E-state index is 13.1. The third-order valence-electron chi connectivity index (χ3n) is 3.25. The van der Waals surface area contributed by atoms with Crippen molar-refractivity contribution in [3.05, 3.63) is 64.3 Å². The van der Waals surface area contributed by atoms with E-state index in [9.17, 15) is 14.0 Å². The topological polar surface area (TPSA) is 96.6 Å². The highest BCUT2D eigenvalue weighted by Crippen LogP contribution is 2.16. The molecule has 0 aliphatic rings. The first-order valence-corrected chi connectivity index (χ1v) is 7.13. The summed E-state index contributed by atoms with van der Waals surface area (Å²) in [5.74, 6) is -2.35. The molecule has 0 saturated carbocycles. The number of nitrogens with one attached hydrogen (secondary N) is 1. The van der Waals surface area contributed by atoms with Crippen molar-refractivity contribution in [2.24, 2.45) is 0 Å². The second-order valence-corrected chi connectivity index (χ2v) is 5.27. The number of halogens is 2. The van der Waals surface area contributed by atoms with Gasteiger partial charge in [-0.2, -0.15) is 5.10 Å². The van der Waals surface area contributed by atoms with Crippen LogP contribution in [0.15, 0.2) is 36.5 Å². The van der Waals surface area contributed by atoms with E-state index in [1.807, 2.05) is 0 Å². The predicted molar refractivity (Wildman–Crippen MR) is 82.5 cm³/mol. The van der Waals surface area contributed by atoms with Crippen LogP contribution in [0.3, 0.4) is 0 Å². The zero-order valence-electron chi connectivity index (χ0n) is 12.0. The van der Waals surface area contributed by atoms with Crippen LogP contribution in [0.25, 0.3) is 5.65 Å². The standard InChI is InChI=1S/C15H10ClFN4O3/c16-9-5-8(1-2-10(9)17)7-18-14(22)12-6-11(15(23)24)20-13-3-4-19-21(12)13/h1-6H,7H2,(H,18,22)(H,23,24). The van der Waals surface area contributed by atoms with Gasteiger partial charge in [0.2, 0.25) is 0 Å². The summed E-state index contributed by atoms with van der Waals surface area (Å²) >= 11 is 5.69. The SMILES string of the molecule is O=C(O)c1cc(C(=O)NCc2ccc(F)c(Cl)c2)n2nccc2n1. The van der Waals surface area contributed by atoms with Gasteiger partial charge in [0.1, 0.15) is 11.5 Å². The van der Waals surface area contributed by atoms with E-state index in [2.05, 4.69) is 15.4 Å². The van der Waals surface area contributed by atoms with Crippen LogP contribution < -0.4 is 5.32 Å². The van der Waals surface area contributed by atoms with Crippen LogP contribution in [0.5, 0.6) is 0 Å². The van der Waals surface area contributed by atoms with Crippen molar-refractivity contribution < 1.29 is 19.1 Å². The van der Waals surface area contributed by atoms with Crippen LogP contribution in [0.2, 0.25) is 5.02 Å². The summed E-state index contributed by atoms with van der Waals surface area (Å²) in [6, 6.07) is 6.71. The van der Waals surface area contributed by atoms with Crippen LogP contribution >= 0.6 is 11.6 Å². The van der Waals surface area contributed by atoms with Gasteiger partial charge in [-0.1, -0.05) is 17.7 Å². The Bertz CT molecular complexity index is 957. The molecule has 0 aliphatic heterocycles. The van der Waals surface area contributed by atoms with Crippen LogP contribution in [-0.4, -0.2) is 31.6 Å². The Kier molecular flexibility index (Phi) is 4.13. The van der Waals surface area contributed by atoms with Crippen LogP contribution in [0.4, 0.5) is 4.39 Å². The fourth-order valence-electron chi connectivity index (χ4n) is 2.11. The second kappa shape index (κ2) is 6.25. The number of aromatic carboxylic acids is 1. The molecule has 2 N–H and O–H groups in total. The number of carbonyl (C=O) groups is 2. The van der Waals surface area contributed by atoms with Gasteiger partial charge >= 0.3 is 5.97 Å². The highest BCUT2D eigenvalue weighted by atomic mass is 35.5. The molecule has 0 atom stereocenters. The Balaban J connectivity index is 1.86. The molecule has 0 spiro atoms. The van der Waals surface area contributed by atoms with Crippen molar-refractivity contribution in [2.45, 2.75) is 6.54 Å². The summed E-state index contributed by atoms with van der Waals surface area (Å²) in [6.07, 6.45) is 1.41. The lowest BCUT2D eigenvalue weighted by molar-refractivity contribution is 0.0690. The van der Waals surface area contributed by atoms with E-state index in [1.165, 1.54) is 35.0 Å². The largest absolute Gasteiger partial charge is 0.477 e. The van der Waals surface area contributed by atoms with E-state index in [-0.39, 0.29) is 28.6 Å². The zero-order chi connectivity index (χ0) is 17.3. The van der Waals surface area contributed by atoms with E-state index in [0.717, 1.165) is 6.07 Å². The van der Waals surface area contributed by atoms with Gasteiger partial charge in [0.25, 0.3) is 5.91 Å². The number of benzene rings is 1. The summed E-state index contributed by atoms with van der Waals surface area (Å²) in [4.78, 5) is 27.4. The fraction of sp³-hybridized carbons (Fsp3) is 0.0667. The molecule has 1 aromatic carbocycles. The van der Waals surface area contributed by atoms with E-state index >= 15 is 0 Å². The first-order chi connectivity index (χ1) is 11.5. The maximum absolute atomic E-state index is 13.1. The summed E-state index contributed by atoms with van der Waals surface area (Å²) in [7, 11) is 0. The highest BCUT2D eigenvalue weighted by molar-refractivity contribution is 6.30. The van der Waals surface area contributed by atoms with Crippen LogP contribution in [0.1, 0.15) is 26.5 Å². The monoisotopic (exact) mass is 348 g/mol. The molecule has 0 unspecified atom stereocenters.